The lowest BCUT2D eigenvalue weighted by atomic mass is 9.76. The van der Waals surface area contributed by atoms with E-state index in [1.807, 2.05) is 24.3 Å². The minimum Gasteiger partial charge on any atom is -0.493 e. The third kappa shape index (κ3) is 7.37. The van der Waals surface area contributed by atoms with Gasteiger partial charge in [-0.15, -0.1) is 0 Å². The van der Waals surface area contributed by atoms with Crippen LogP contribution < -0.4 is 14.2 Å². The highest BCUT2D eigenvalue weighted by molar-refractivity contribution is 5.86. The monoisotopic (exact) mass is 605 g/mol. The number of amides is 1. The number of nitrogens with zero attached hydrogens (tertiary/aromatic N) is 1. The van der Waals surface area contributed by atoms with E-state index >= 15 is 0 Å². The Hall–Kier alpha value is -4.01. The van der Waals surface area contributed by atoms with Crippen LogP contribution in [0.2, 0.25) is 0 Å². The summed E-state index contributed by atoms with van der Waals surface area (Å²) in [5.74, 6) is 0.959. The molecule has 5 rings (SSSR count). The Morgan fingerprint density at radius 2 is 1.82 bits per heavy atom. The number of carbonyl (C=O) groups excluding carboxylic acids is 2. The third-order valence-corrected chi connectivity index (χ3v) is 9.28. The molecule has 0 bridgehead atoms. The molecule has 5 atom stereocenters. The van der Waals surface area contributed by atoms with E-state index in [0.29, 0.717) is 60.5 Å². The summed E-state index contributed by atoms with van der Waals surface area (Å²) >= 11 is 0. The average molecular weight is 606 g/mol. The number of carbonyl (C=O) groups is 3. The molecule has 1 saturated carbocycles. The molecular formula is C35H43NO8. The Kier molecular flexibility index (Phi) is 10.5. The van der Waals surface area contributed by atoms with Gasteiger partial charge >= 0.3 is 11.9 Å². The van der Waals surface area contributed by atoms with Gasteiger partial charge in [-0.3, -0.25) is 4.79 Å². The number of allylic oxidation sites excluding steroid dienone is 2. The predicted octanol–water partition coefficient (Wildman–Crippen LogP) is 5.76. The first-order valence-electron chi connectivity index (χ1n) is 15.7. The molecule has 0 aromatic heterocycles. The fraction of sp³-hybridized carbons (Fsp3) is 0.514. The van der Waals surface area contributed by atoms with E-state index in [-0.39, 0.29) is 11.8 Å². The SMILES string of the molecule is COc1ccc(CC[C@@H](OC(=O)[C@@H]2CCCCN2C(=O)[C@@H]2CC=C[C@@H]3CCC[C@H]32)c2cccc(OCC(=O)O)c2)cc1OC. The zero-order valence-corrected chi connectivity index (χ0v) is 25.6. The van der Waals surface area contributed by atoms with Crippen molar-refractivity contribution in [3.63, 3.8) is 0 Å². The number of hydrogen-bond acceptors (Lipinski definition) is 7. The van der Waals surface area contributed by atoms with Gasteiger partial charge in [-0.05, 0) is 98.6 Å². The normalized spacial score (nSPS) is 23.4. The van der Waals surface area contributed by atoms with E-state index in [4.69, 9.17) is 24.1 Å². The molecule has 2 aromatic carbocycles. The lowest BCUT2D eigenvalue weighted by Crippen LogP contribution is -2.52. The summed E-state index contributed by atoms with van der Waals surface area (Å²) in [6.45, 7) is 0.0852. The molecule has 1 amide bonds. The van der Waals surface area contributed by atoms with Crippen LogP contribution in [-0.2, 0) is 25.5 Å². The molecule has 9 nitrogen and oxygen atoms in total. The van der Waals surface area contributed by atoms with Crippen LogP contribution >= 0.6 is 0 Å². The maximum absolute atomic E-state index is 14.0. The molecule has 0 unspecified atom stereocenters. The number of ether oxygens (including phenoxy) is 4. The van der Waals surface area contributed by atoms with Crippen LogP contribution in [-0.4, -0.2) is 61.3 Å². The van der Waals surface area contributed by atoms with Gasteiger partial charge in [-0.2, -0.15) is 0 Å². The average Bonchev–Trinajstić information content (AvgIpc) is 3.54. The van der Waals surface area contributed by atoms with Crippen LogP contribution in [0.5, 0.6) is 17.2 Å². The molecule has 1 saturated heterocycles. The van der Waals surface area contributed by atoms with Gasteiger partial charge in [0.15, 0.2) is 18.1 Å². The summed E-state index contributed by atoms with van der Waals surface area (Å²) in [7, 11) is 3.17. The number of hydrogen-bond donors (Lipinski definition) is 1. The number of esters is 1. The number of piperidine rings is 1. The number of fused-ring (bicyclic) bond motifs is 1. The molecule has 1 aliphatic heterocycles. The molecule has 2 aromatic rings. The van der Waals surface area contributed by atoms with Crippen LogP contribution in [0.3, 0.4) is 0 Å². The van der Waals surface area contributed by atoms with Crippen LogP contribution in [0, 0.1) is 17.8 Å². The van der Waals surface area contributed by atoms with Crippen LogP contribution in [0.15, 0.2) is 54.6 Å². The van der Waals surface area contributed by atoms with Gasteiger partial charge in [0.25, 0.3) is 0 Å². The van der Waals surface area contributed by atoms with Crippen molar-refractivity contribution in [1.29, 1.82) is 0 Å². The Bertz CT molecular complexity index is 1360. The van der Waals surface area contributed by atoms with Crippen molar-refractivity contribution in [3.8, 4) is 17.2 Å². The Morgan fingerprint density at radius 1 is 0.977 bits per heavy atom. The van der Waals surface area contributed by atoms with Gasteiger partial charge in [-0.1, -0.05) is 36.8 Å². The zero-order chi connectivity index (χ0) is 31.1. The standard InChI is InChI=1S/C35H43NO8/c1-41-31-18-16-23(20-32(31)42-2)15-17-30(25-10-5-11-26(21-25)43-22-33(37)38)44-35(40)29-14-3-4-19-36(29)34(39)28-13-7-9-24-8-6-12-27(24)28/h5,7,9-11,16,18,20-21,24,27-30H,3-4,6,8,12-15,17,19,22H2,1-2H3,(H,37,38)/t24-,27+,28+,29-,30+/m0/s1. The number of aliphatic carboxylic acids is 1. The van der Waals surface area contributed by atoms with Crippen molar-refractivity contribution in [2.45, 2.75) is 69.9 Å². The van der Waals surface area contributed by atoms with Crippen molar-refractivity contribution < 1.29 is 38.4 Å². The van der Waals surface area contributed by atoms with Gasteiger partial charge in [0, 0.05) is 12.5 Å². The second kappa shape index (κ2) is 14.6. The van der Waals surface area contributed by atoms with Gasteiger partial charge in [0.05, 0.1) is 14.2 Å². The summed E-state index contributed by atoms with van der Waals surface area (Å²) in [5.41, 5.74) is 1.68. The van der Waals surface area contributed by atoms with Crippen LogP contribution in [0.4, 0.5) is 0 Å². The van der Waals surface area contributed by atoms with E-state index in [1.165, 1.54) is 0 Å². The predicted molar refractivity (Wildman–Crippen MR) is 164 cm³/mol. The minimum atomic E-state index is -1.08. The summed E-state index contributed by atoms with van der Waals surface area (Å²) in [6, 6.07) is 12.1. The molecule has 1 heterocycles. The number of carboxylic acids is 1. The smallest absolute Gasteiger partial charge is 0.341 e. The topological polar surface area (TPSA) is 112 Å². The molecule has 0 spiro atoms. The van der Waals surface area contributed by atoms with E-state index in [1.54, 1.807) is 37.3 Å². The first-order valence-corrected chi connectivity index (χ1v) is 15.7. The highest BCUT2D eigenvalue weighted by Crippen LogP contribution is 2.43. The number of methoxy groups -OCH3 is 2. The first kappa shape index (κ1) is 31.4. The van der Waals surface area contributed by atoms with E-state index in [2.05, 4.69) is 12.2 Å². The van der Waals surface area contributed by atoms with Gasteiger partial charge in [0.2, 0.25) is 5.91 Å². The van der Waals surface area contributed by atoms with Crippen LogP contribution in [0.1, 0.15) is 68.6 Å². The van der Waals surface area contributed by atoms with Crippen molar-refractivity contribution in [3.05, 3.63) is 65.7 Å². The Balaban J connectivity index is 1.35. The van der Waals surface area contributed by atoms with Crippen molar-refractivity contribution >= 4 is 17.8 Å². The molecule has 44 heavy (non-hydrogen) atoms. The highest BCUT2D eigenvalue weighted by Gasteiger charge is 2.43. The zero-order valence-electron chi connectivity index (χ0n) is 25.6. The summed E-state index contributed by atoms with van der Waals surface area (Å²) < 4.78 is 22.5. The molecule has 236 valence electrons. The van der Waals surface area contributed by atoms with Gasteiger partial charge in [0.1, 0.15) is 17.9 Å². The van der Waals surface area contributed by atoms with Crippen molar-refractivity contribution in [1.82, 2.24) is 4.90 Å². The van der Waals surface area contributed by atoms with Crippen molar-refractivity contribution in [2.75, 3.05) is 27.4 Å². The minimum absolute atomic E-state index is 0.0789. The second-order valence-corrected chi connectivity index (χ2v) is 12.0. The fourth-order valence-corrected chi connectivity index (χ4v) is 7.06. The summed E-state index contributed by atoms with van der Waals surface area (Å²) in [6.07, 6.45) is 11.2. The Labute approximate surface area is 259 Å². The fourth-order valence-electron chi connectivity index (χ4n) is 7.06. The largest absolute Gasteiger partial charge is 0.493 e. The number of likely N-dealkylation sites (tertiary alicyclic amines) is 1. The molecular weight excluding hydrogens is 562 g/mol. The second-order valence-electron chi connectivity index (χ2n) is 12.0. The molecule has 0 radical (unpaired) electrons. The summed E-state index contributed by atoms with van der Waals surface area (Å²) in [4.78, 5) is 40.8. The van der Waals surface area contributed by atoms with Gasteiger partial charge < -0.3 is 29.0 Å². The van der Waals surface area contributed by atoms with Gasteiger partial charge in [-0.25, -0.2) is 9.59 Å². The molecule has 2 aliphatic carbocycles. The van der Waals surface area contributed by atoms with Crippen molar-refractivity contribution in [2.24, 2.45) is 17.8 Å². The van der Waals surface area contributed by atoms with E-state index in [9.17, 15) is 14.4 Å². The Morgan fingerprint density at radius 3 is 2.61 bits per heavy atom. The number of benzene rings is 2. The lowest BCUT2D eigenvalue weighted by molar-refractivity contribution is -0.164. The highest BCUT2D eigenvalue weighted by atomic mass is 16.5. The quantitative estimate of drug-likeness (QED) is 0.240. The number of rotatable bonds is 12. The first-order chi connectivity index (χ1) is 21.4. The third-order valence-electron chi connectivity index (χ3n) is 9.28. The molecule has 2 fully saturated rings. The molecule has 9 heteroatoms. The maximum atomic E-state index is 14.0. The summed E-state index contributed by atoms with van der Waals surface area (Å²) in [5, 5.41) is 9.07. The maximum Gasteiger partial charge on any atom is 0.341 e. The van der Waals surface area contributed by atoms with E-state index < -0.39 is 30.7 Å². The number of aryl methyl sites for hydroxylation is 1. The van der Waals surface area contributed by atoms with Crippen LogP contribution in [0.25, 0.3) is 0 Å². The lowest BCUT2D eigenvalue weighted by Gasteiger charge is -2.39. The number of carboxylic acid groups (broad SMARTS) is 1. The molecule has 1 N–H and O–H groups in total. The molecule has 3 aliphatic rings. The van der Waals surface area contributed by atoms with E-state index in [0.717, 1.165) is 44.1 Å².